The first-order valence-corrected chi connectivity index (χ1v) is 13.3. The fourth-order valence-electron chi connectivity index (χ4n) is 3.82. The van der Waals surface area contributed by atoms with Crippen LogP contribution in [0.25, 0.3) is 0 Å². The molecule has 0 saturated carbocycles. The van der Waals surface area contributed by atoms with E-state index in [1.165, 1.54) is 18.3 Å². The summed E-state index contributed by atoms with van der Waals surface area (Å²) in [6, 6.07) is 18.3. The molecule has 0 aliphatic carbocycles. The van der Waals surface area contributed by atoms with Crippen molar-refractivity contribution in [3.63, 3.8) is 0 Å². The number of hydrogen-bond donors (Lipinski definition) is 2. The van der Waals surface area contributed by atoms with Crippen molar-refractivity contribution in [1.82, 2.24) is 15.2 Å². The van der Waals surface area contributed by atoms with Crippen LogP contribution in [0.15, 0.2) is 76.3 Å². The molecule has 2 amide bonds. The van der Waals surface area contributed by atoms with E-state index in [2.05, 4.69) is 62.5 Å². The molecule has 0 saturated heterocycles. The summed E-state index contributed by atoms with van der Waals surface area (Å²) in [5.41, 5.74) is 5.11. The summed E-state index contributed by atoms with van der Waals surface area (Å²) in [6.07, 6.45) is 1.35. The molecule has 38 heavy (non-hydrogen) atoms. The summed E-state index contributed by atoms with van der Waals surface area (Å²) < 4.78 is 14.0. The van der Waals surface area contributed by atoms with Gasteiger partial charge in [-0.25, -0.2) is 9.82 Å². The van der Waals surface area contributed by atoms with E-state index in [0.29, 0.717) is 21.3 Å². The number of halogens is 2. The molecule has 0 unspecified atom stereocenters. The van der Waals surface area contributed by atoms with Crippen LogP contribution in [-0.4, -0.2) is 61.1 Å². The van der Waals surface area contributed by atoms with Crippen LogP contribution in [0.5, 0.6) is 0 Å². The van der Waals surface area contributed by atoms with Gasteiger partial charge < -0.3 is 15.1 Å². The van der Waals surface area contributed by atoms with Gasteiger partial charge in [0.05, 0.1) is 17.5 Å². The molecular formula is C29H33BrFN5O2. The minimum atomic E-state index is -0.516. The zero-order chi connectivity index (χ0) is 27.5. The van der Waals surface area contributed by atoms with E-state index >= 15 is 0 Å². The third-order valence-electron chi connectivity index (χ3n) is 6.06. The number of carbonyl (C=O) groups is 2. The second kappa shape index (κ2) is 14.5. The Morgan fingerprint density at radius 3 is 2.39 bits per heavy atom. The summed E-state index contributed by atoms with van der Waals surface area (Å²) >= 11 is 3.36. The van der Waals surface area contributed by atoms with E-state index in [0.717, 1.165) is 38.3 Å². The number of anilines is 1. The van der Waals surface area contributed by atoms with E-state index in [4.69, 9.17) is 0 Å². The second-order valence-corrected chi connectivity index (χ2v) is 9.78. The van der Waals surface area contributed by atoms with Crippen molar-refractivity contribution < 1.29 is 14.0 Å². The Morgan fingerprint density at radius 1 is 0.974 bits per heavy atom. The van der Waals surface area contributed by atoms with Crippen LogP contribution in [0, 0.1) is 5.82 Å². The molecule has 0 heterocycles. The standard InChI is InChI=1S/C29H33BrFN5O2/c1-4-36(5-2)16-15-35(3)20-21-9-11-23(12-10-21)28(37)33-27-14-13-24(30)18-26(27)29(38)34-32-19-22-7-6-8-25(31)17-22/h6-14,17-19H,4-5,15-16,20H2,1-3H3,(H,33,37)(H,34,38)/b32-19+. The van der Waals surface area contributed by atoms with Gasteiger partial charge in [-0.1, -0.05) is 54.0 Å². The number of carbonyl (C=O) groups excluding carboxylic acids is 2. The molecule has 3 aromatic carbocycles. The Bertz CT molecular complexity index is 1260. The first-order valence-electron chi connectivity index (χ1n) is 12.5. The molecule has 0 bridgehead atoms. The lowest BCUT2D eigenvalue weighted by atomic mass is 10.1. The lowest BCUT2D eigenvalue weighted by Crippen LogP contribution is -2.32. The number of amides is 2. The second-order valence-electron chi connectivity index (χ2n) is 8.86. The van der Waals surface area contributed by atoms with Crippen LogP contribution >= 0.6 is 15.9 Å². The fraction of sp³-hybridized carbons (Fsp3) is 0.276. The number of hydrazone groups is 1. The van der Waals surface area contributed by atoms with Gasteiger partial charge in [-0.15, -0.1) is 0 Å². The molecule has 0 fully saturated rings. The largest absolute Gasteiger partial charge is 0.321 e. The average Bonchev–Trinajstić information content (AvgIpc) is 2.90. The number of hydrogen-bond acceptors (Lipinski definition) is 5. The number of nitrogens with zero attached hydrogens (tertiary/aromatic N) is 3. The van der Waals surface area contributed by atoms with Gasteiger partial charge in [0, 0.05) is 29.7 Å². The van der Waals surface area contributed by atoms with Crippen LogP contribution < -0.4 is 10.7 Å². The Hall–Kier alpha value is -3.40. The van der Waals surface area contributed by atoms with E-state index in [9.17, 15) is 14.0 Å². The monoisotopic (exact) mass is 581 g/mol. The van der Waals surface area contributed by atoms with Crippen LogP contribution in [0.2, 0.25) is 0 Å². The maximum Gasteiger partial charge on any atom is 0.273 e. The number of nitrogens with one attached hydrogen (secondary N) is 2. The average molecular weight is 583 g/mol. The number of rotatable bonds is 12. The molecule has 0 atom stereocenters. The Labute approximate surface area is 231 Å². The Morgan fingerprint density at radius 2 is 1.71 bits per heavy atom. The summed E-state index contributed by atoms with van der Waals surface area (Å²) in [6.45, 7) is 9.18. The third kappa shape index (κ3) is 8.86. The molecule has 0 aliphatic rings. The molecule has 3 rings (SSSR count). The zero-order valence-corrected chi connectivity index (χ0v) is 23.5. The predicted molar refractivity (Wildman–Crippen MR) is 154 cm³/mol. The summed E-state index contributed by atoms with van der Waals surface area (Å²) in [7, 11) is 2.09. The maximum atomic E-state index is 13.3. The minimum absolute atomic E-state index is 0.232. The topological polar surface area (TPSA) is 77.0 Å². The van der Waals surface area contributed by atoms with Crippen LogP contribution in [0.1, 0.15) is 45.7 Å². The van der Waals surface area contributed by atoms with Gasteiger partial charge in [0.25, 0.3) is 11.8 Å². The van der Waals surface area contributed by atoms with Crippen molar-refractivity contribution in [3.05, 3.63) is 99.3 Å². The van der Waals surface area contributed by atoms with E-state index < -0.39 is 11.7 Å². The minimum Gasteiger partial charge on any atom is -0.321 e. The van der Waals surface area contributed by atoms with Crippen molar-refractivity contribution in [3.8, 4) is 0 Å². The first-order chi connectivity index (χ1) is 18.3. The summed E-state index contributed by atoms with van der Waals surface area (Å²) in [4.78, 5) is 30.4. The van der Waals surface area contributed by atoms with E-state index in [1.54, 1.807) is 42.5 Å². The third-order valence-corrected chi connectivity index (χ3v) is 6.56. The van der Waals surface area contributed by atoms with Crippen LogP contribution in [0.4, 0.5) is 10.1 Å². The highest BCUT2D eigenvalue weighted by Gasteiger charge is 2.15. The lowest BCUT2D eigenvalue weighted by Gasteiger charge is -2.23. The molecule has 2 N–H and O–H groups in total. The van der Waals surface area contributed by atoms with E-state index in [-0.39, 0.29) is 11.5 Å². The molecule has 200 valence electrons. The Balaban J connectivity index is 1.62. The lowest BCUT2D eigenvalue weighted by molar-refractivity contribution is 0.0956. The molecule has 0 spiro atoms. The van der Waals surface area contributed by atoms with Crippen molar-refractivity contribution >= 4 is 39.6 Å². The summed E-state index contributed by atoms with van der Waals surface area (Å²) in [5.74, 6) is -1.24. The van der Waals surface area contributed by atoms with Gasteiger partial charge in [-0.3, -0.25) is 9.59 Å². The highest BCUT2D eigenvalue weighted by Crippen LogP contribution is 2.22. The molecule has 0 aliphatic heterocycles. The molecular weight excluding hydrogens is 549 g/mol. The maximum absolute atomic E-state index is 13.3. The summed E-state index contributed by atoms with van der Waals surface area (Å²) in [5, 5.41) is 6.73. The van der Waals surface area contributed by atoms with Crippen molar-refractivity contribution in [1.29, 1.82) is 0 Å². The smallest absolute Gasteiger partial charge is 0.273 e. The van der Waals surface area contributed by atoms with Gasteiger partial charge in [-0.2, -0.15) is 5.10 Å². The van der Waals surface area contributed by atoms with Crippen LogP contribution in [0.3, 0.4) is 0 Å². The first kappa shape index (κ1) is 29.2. The number of benzene rings is 3. The van der Waals surface area contributed by atoms with Gasteiger partial charge in [0.1, 0.15) is 5.82 Å². The van der Waals surface area contributed by atoms with Gasteiger partial charge in [-0.05, 0) is 73.7 Å². The van der Waals surface area contributed by atoms with Gasteiger partial charge >= 0.3 is 0 Å². The predicted octanol–water partition coefficient (Wildman–Crippen LogP) is 5.38. The van der Waals surface area contributed by atoms with Crippen molar-refractivity contribution in [2.24, 2.45) is 5.10 Å². The van der Waals surface area contributed by atoms with Gasteiger partial charge in [0.15, 0.2) is 0 Å². The molecule has 9 heteroatoms. The SMILES string of the molecule is CCN(CC)CCN(C)Cc1ccc(C(=O)Nc2ccc(Br)cc2C(=O)N/N=C/c2cccc(F)c2)cc1. The quantitative estimate of drug-likeness (QED) is 0.222. The van der Waals surface area contributed by atoms with Gasteiger partial charge in [0.2, 0.25) is 0 Å². The van der Waals surface area contributed by atoms with E-state index in [1.807, 2.05) is 12.1 Å². The highest BCUT2D eigenvalue weighted by atomic mass is 79.9. The normalized spacial score (nSPS) is 11.3. The molecule has 0 aromatic heterocycles. The zero-order valence-electron chi connectivity index (χ0n) is 21.9. The fourth-order valence-corrected chi connectivity index (χ4v) is 4.19. The molecule has 7 nitrogen and oxygen atoms in total. The van der Waals surface area contributed by atoms with Crippen molar-refractivity contribution in [2.75, 3.05) is 38.5 Å². The molecule has 3 aromatic rings. The van der Waals surface area contributed by atoms with Crippen molar-refractivity contribution in [2.45, 2.75) is 20.4 Å². The highest BCUT2D eigenvalue weighted by molar-refractivity contribution is 9.10. The Kier molecular flexibility index (Phi) is 11.1. The number of likely N-dealkylation sites (N-methyl/N-ethyl adjacent to an activating group) is 2. The molecule has 0 radical (unpaired) electrons. The van der Waals surface area contributed by atoms with Crippen LogP contribution in [-0.2, 0) is 6.54 Å².